The van der Waals surface area contributed by atoms with Crippen LogP contribution in [-0.2, 0) is 0 Å². The Morgan fingerprint density at radius 3 is 2.35 bits per heavy atom. The van der Waals surface area contributed by atoms with Gasteiger partial charge in [-0.2, -0.15) is 0 Å². The van der Waals surface area contributed by atoms with Crippen molar-refractivity contribution in [3.63, 3.8) is 0 Å². The third-order valence-corrected chi connectivity index (χ3v) is 2.62. The molecule has 0 aliphatic rings. The second-order valence-electron chi connectivity index (χ2n) is 4.23. The quantitative estimate of drug-likeness (QED) is 0.366. The number of nitro groups is 1. The maximum absolute atomic E-state index is 11.6. The van der Waals surface area contributed by atoms with Crippen molar-refractivity contribution in [2.75, 3.05) is 25.0 Å². The lowest BCUT2D eigenvalue weighted by Crippen LogP contribution is -2.33. The number of anilines is 1. The van der Waals surface area contributed by atoms with Gasteiger partial charge in [0.15, 0.2) is 0 Å². The Bertz CT molecular complexity index is 638. The van der Waals surface area contributed by atoms with Gasteiger partial charge in [-0.05, 0) is 30.9 Å². The highest BCUT2D eigenvalue weighted by molar-refractivity contribution is 5.85. The van der Waals surface area contributed by atoms with Gasteiger partial charge >= 0.3 is 0 Å². The number of fused-ring (bicyclic) bond motifs is 1. The van der Waals surface area contributed by atoms with Crippen LogP contribution >= 0.6 is 12.4 Å². The van der Waals surface area contributed by atoms with Gasteiger partial charge in [0, 0.05) is 12.6 Å². The SMILES string of the molecule is CCNCC.CCNc1nc2ccc([N+](=O)[O-])cc2[n+]([O-])n1.Cl. The zero-order chi connectivity index (χ0) is 16.5. The van der Waals surface area contributed by atoms with E-state index in [1.165, 1.54) is 12.1 Å². The van der Waals surface area contributed by atoms with E-state index >= 15 is 0 Å². The number of benzene rings is 1. The lowest BCUT2D eigenvalue weighted by molar-refractivity contribution is -0.641. The molecule has 10 heteroatoms. The number of hydrogen-bond donors (Lipinski definition) is 2. The zero-order valence-electron chi connectivity index (χ0n) is 13.3. The minimum absolute atomic E-state index is 0. The fraction of sp³-hybridized carbons (Fsp3) is 0.462. The summed E-state index contributed by atoms with van der Waals surface area (Å²) in [4.78, 5) is 14.4. The van der Waals surface area contributed by atoms with Gasteiger partial charge in [-0.3, -0.25) is 10.1 Å². The van der Waals surface area contributed by atoms with Crippen LogP contribution in [0.2, 0.25) is 0 Å². The van der Waals surface area contributed by atoms with Crippen molar-refractivity contribution in [3.8, 4) is 0 Å². The van der Waals surface area contributed by atoms with E-state index in [0.717, 1.165) is 19.2 Å². The number of halogens is 1. The average Bonchev–Trinajstić information content (AvgIpc) is 2.48. The van der Waals surface area contributed by atoms with Gasteiger partial charge in [-0.1, -0.05) is 13.8 Å². The molecule has 0 spiro atoms. The molecule has 2 rings (SSSR count). The monoisotopic (exact) mass is 344 g/mol. The summed E-state index contributed by atoms with van der Waals surface area (Å²) in [6.45, 7) is 8.82. The molecule has 1 heterocycles. The molecule has 128 valence electrons. The molecule has 0 amide bonds. The normalized spacial score (nSPS) is 9.52. The van der Waals surface area contributed by atoms with E-state index in [-0.39, 0.29) is 29.6 Å². The highest BCUT2D eigenvalue weighted by Gasteiger charge is 2.15. The highest BCUT2D eigenvalue weighted by atomic mass is 35.5. The van der Waals surface area contributed by atoms with E-state index in [2.05, 4.69) is 34.6 Å². The average molecular weight is 345 g/mol. The Kier molecular flexibility index (Phi) is 9.44. The number of hydrogen-bond acceptors (Lipinski definition) is 7. The summed E-state index contributed by atoms with van der Waals surface area (Å²) in [6, 6.07) is 3.87. The van der Waals surface area contributed by atoms with Crippen LogP contribution in [0.1, 0.15) is 20.8 Å². The number of non-ortho nitro benzene ring substituents is 1. The van der Waals surface area contributed by atoms with E-state index in [4.69, 9.17) is 0 Å². The Labute approximate surface area is 140 Å². The molecule has 2 N–H and O–H groups in total. The molecule has 0 unspecified atom stereocenters. The van der Waals surface area contributed by atoms with Crippen molar-refractivity contribution in [2.45, 2.75) is 20.8 Å². The molecule has 1 aromatic heterocycles. The predicted molar refractivity (Wildman–Crippen MR) is 90.8 cm³/mol. The fourth-order valence-corrected chi connectivity index (χ4v) is 1.63. The van der Waals surface area contributed by atoms with Crippen LogP contribution in [-0.4, -0.2) is 34.6 Å². The molecule has 0 atom stereocenters. The maximum Gasteiger partial charge on any atom is 0.290 e. The first-order valence-electron chi connectivity index (χ1n) is 7.04. The van der Waals surface area contributed by atoms with E-state index in [0.29, 0.717) is 16.9 Å². The maximum atomic E-state index is 11.6. The largest absolute Gasteiger partial charge is 0.594 e. The number of nitro benzene ring substituents is 1. The van der Waals surface area contributed by atoms with Crippen molar-refractivity contribution in [2.24, 2.45) is 0 Å². The van der Waals surface area contributed by atoms with Crippen molar-refractivity contribution in [1.82, 2.24) is 15.4 Å². The molecular weight excluding hydrogens is 324 g/mol. The number of nitrogens with zero attached hydrogens (tertiary/aromatic N) is 4. The minimum Gasteiger partial charge on any atom is -0.594 e. The summed E-state index contributed by atoms with van der Waals surface area (Å²) in [5.74, 6) is 0.198. The highest BCUT2D eigenvalue weighted by Crippen LogP contribution is 2.16. The third-order valence-electron chi connectivity index (χ3n) is 2.62. The molecule has 0 radical (unpaired) electrons. The van der Waals surface area contributed by atoms with Gasteiger partial charge in [0.2, 0.25) is 0 Å². The molecule has 0 aliphatic heterocycles. The molecule has 9 nitrogen and oxygen atoms in total. The fourth-order valence-electron chi connectivity index (χ4n) is 1.63. The second-order valence-corrected chi connectivity index (χ2v) is 4.23. The molecular formula is C13H21ClN6O3. The number of aromatic nitrogens is 3. The smallest absolute Gasteiger partial charge is 0.290 e. The van der Waals surface area contributed by atoms with E-state index in [1.807, 2.05) is 6.92 Å². The summed E-state index contributed by atoms with van der Waals surface area (Å²) in [5, 5.41) is 31.6. The topological polar surface area (TPSA) is 120 Å². The lowest BCUT2D eigenvalue weighted by atomic mass is 10.3. The van der Waals surface area contributed by atoms with Gasteiger partial charge in [-0.15, -0.1) is 12.4 Å². The van der Waals surface area contributed by atoms with Gasteiger partial charge in [-0.25, -0.2) is 4.98 Å². The van der Waals surface area contributed by atoms with Gasteiger partial charge < -0.3 is 15.8 Å². The summed E-state index contributed by atoms with van der Waals surface area (Å²) in [6.07, 6.45) is 0. The first-order chi connectivity index (χ1) is 10.5. The van der Waals surface area contributed by atoms with E-state index in [9.17, 15) is 15.3 Å². The lowest BCUT2D eigenvalue weighted by Gasteiger charge is -2.02. The summed E-state index contributed by atoms with van der Waals surface area (Å²) in [5.41, 5.74) is 0.263. The molecule has 0 saturated heterocycles. The zero-order valence-corrected chi connectivity index (χ0v) is 14.1. The van der Waals surface area contributed by atoms with Crippen molar-refractivity contribution < 1.29 is 9.77 Å². The van der Waals surface area contributed by atoms with Crippen LogP contribution in [0.15, 0.2) is 18.2 Å². The summed E-state index contributed by atoms with van der Waals surface area (Å²) in [7, 11) is 0. The molecule has 0 fully saturated rings. The van der Waals surface area contributed by atoms with E-state index < -0.39 is 4.92 Å². The molecule has 23 heavy (non-hydrogen) atoms. The Morgan fingerprint density at radius 1 is 1.22 bits per heavy atom. The Balaban J connectivity index is 0.000000709. The van der Waals surface area contributed by atoms with E-state index in [1.54, 1.807) is 0 Å². The minimum atomic E-state index is -0.572. The third kappa shape index (κ3) is 6.17. The molecule has 0 aliphatic carbocycles. The van der Waals surface area contributed by atoms with Crippen LogP contribution in [0.5, 0.6) is 0 Å². The van der Waals surface area contributed by atoms with Crippen LogP contribution < -0.4 is 15.5 Å². The van der Waals surface area contributed by atoms with Gasteiger partial charge in [0.1, 0.15) is 5.52 Å². The Morgan fingerprint density at radius 2 is 1.87 bits per heavy atom. The second kappa shape index (κ2) is 10.5. The van der Waals surface area contributed by atoms with Crippen LogP contribution in [0.3, 0.4) is 0 Å². The predicted octanol–water partition coefficient (Wildman–Crippen LogP) is 1.64. The molecule has 0 saturated carbocycles. The van der Waals surface area contributed by atoms with Crippen molar-refractivity contribution in [3.05, 3.63) is 33.5 Å². The molecule has 0 bridgehead atoms. The van der Waals surface area contributed by atoms with Crippen molar-refractivity contribution in [1.29, 1.82) is 0 Å². The van der Waals surface area contributed by atoms with Crippen LogP contribution in [0.25, 0.3) is 11.0 Å². The first kappa shape index (κ1) is 20.7. The first-order valence-corrected chi connectivity index (χ1v) is 7.04. The molecule has 1 aromatic carbocycles. The van der Waals surface area contributed by atoms with Gasteiger partial charge in [0.05, 0.1) is 16.1 Å². The standard InChI is InChI=1S/C9H9N5O3.C4H11N.ClH/c1-2-10-9-11-7-4-3-6(14(16)17)5-8(7)13(15)12-9;1-3-5-4-2;/h3-5H,2H2,1H3,(H,10,11,12);5H,3-4H2,1-2H3;1H. The van der Waals surface area contributed by atoms with Crippen molar-refractivity contribution >= 4 is 35.1 Å². The number of rotatable bonds is 5. The van der Waals surface area contributed by atoms with Crippen LogP contribution in [0.4, 0.5) is 11.6 Å². The Hall–Kier alpha value is -2.26. The summed E-state index contributed by atoms with van der Waals surface area (Å²) >= 11 is 0. The number of nitrogens with one attached hydrogen (secondary N) is 2. The summed E-state index contributed by atoms with van der Waals surface area (Å²) < 4.78 is 0. The van der Waals surface area contributed by atoms with Gasteiger partial charge in [0.25, 0.3) is 17.2 Å². The molecule has 2 aromatic rings. The van der Waals surface area contributed by atoms with Crippen LogP contribution in [0, 0.1) is 15.3 Å².